The van der Waals surface area contributed by atoms with Gasteiger partial charge in [0.2, 0.25) is 0 Å². The minimum absolute atomic E-state index is 0.0308. The molecule has 1 N–H and O–H groups in total. The van der Waals surface area contributed by atoms with E-state index in [4.69, 9.17) is 21.1 Å². The van der Waals surface area contributed by atoms with Crippen molar-refractivity contribution in [1.82, 2.24) is 15.5 Å². The number of alkyl carbamates (subject to hydrolysis) is 1. The van der Waals surface area contributed by atoms with Crippen molar-refractivity contribution in [3.8, 4) is 0 Å². The van der Waals surface area contributed by atoms with Crippen LogP contribution in [0.2, 0.25) is 5.15 Å². The van der Waals surface area contributed by atoms with Crippen LogP contribution in [0.25, 0.3) is 0 Å². The van der Waals surface area contributed by atoms with Gasteiger partial charge in [-0.05, 0) is 32.9 Å². The summed E-state index contributed by atoms with van der Waals surface area (Å²) in [6, 6.07) is 3.47. The maximum Gasteiger partial charge on any atom is 0.407 e. The molecule has 1 atom stereocenters. The summed E-state index contributed by atoms with van der Waals surface area (Å²) in [5.74, 6) is 0.712. The molecule has 1 aliphatic heterocycles. The predicted octanol–water partition coefficient (Wildman–Crippen LogP) is 1.86. The summed E-state index contributed by atoms with van der Waals surface area (Å²) >= 11 is 5.76. The number of hydrogen-bond donors (Lipinski definition) is 1. The molecule has 0 spiro atoms. The molecule has 1 amide bonds. The van der Waals surface area contributed by atoms with Crippen molar-refractivity contribution in [2.75, 3.05) is 31.2 Å². The fourth-order valence-electron chi connectivity index (χ4n) is 2.10. The Balaban J connectivity index is 1.95. The summed E-state index contributed by atoms with van der Waals surface area (Å²) in [5, 5.41) is 11.0. The third-order valence-electron chi connectivity index (χ3n) is 3.02. The second kappa shape index (κ2) is 7.11. The molecule has 8 heteroatoms. The van der Waals surface area contributed by atoms with Gasteiger partial charge in [-0.25, -0.2) is 4.79 Å². The number of rotatable bonds is 3. The van der Waals surface area contributed by atoms with E-state index in [0.29, 0.717) is 37.3 Å². The van der Waals surface area contributed by atoms with Crippen molar-refractivity contribution in [1.29, 1.82) is 0 Å². The minimum atomic E-state index is -0.519. The van der Waals surface area contributed by atoms with Crippen LogP contribution in [-0.2, 0) is 9.47 Å². The van der Waals surface area contributed by atoms with E-state index in [-0.39, 0.29) is 6.04 Å². The first kappa shape index (κ1) is 16.8. The molecule has 1 aromatic heterocycles. The Morgan fingerprint density at radius 3 is 2.91 bits per heavy atom. The first-order valence-electron chi connectivity index (χ1n) is 7.15. The maximum absolute atomic E-state index is 11.8. The van der Waals surface area contributed by atoms with E-state index in [0.717, 1.165) is 0 Å². The summed E-state index contributed by atoms with van der Waals surface area (Å²) in [7, 11) is 0. The van der Waals surface area contributed by atoms with E-state index >= 15 is 0 Å². The van der Waals surface area contributed by atoms with Crippen LogP contribution < -0.4 is 10.2 Å². The Morgan fingerprint density at radius 2 is 2.27 bits per heavy atom. The number of amides is 1. The molecular weight excluding hydrogens is 308 g/mol. The highest BCUT2D eigenvalue weighted by Gasteiger charge is 2.26. The molecule has 1 aliphatic rings. The van der Waals surface area contributed by atoms with Crippen LogP contribution in [0.3, 0.4) is 0 Å². The standard InChI is InChI=1S/C14H21ClN4O3/c1-14(2,3)22-13(20)16-8-10-9-21-7-6-19(10)12-5-4-11(15)17-18-12/h4-5,10H,6-9H2,1-3H3,(H,16,20)/t10-/m0/s1. The van der Waals surface area contributed by atoms with Crippen molar-refractivity contribution in [2.24, 2.45) is 0 Å². The molecule has 0 radical (unpaired) electrons. The van der Waals surface area contributed by atoms with Crippen LogP contribution in [-0.4, -0.2) is 54.2 Å². The van der Waals surface area contributed by atoms with Crippen LogP contribution in [0.1, 0.15) is 20.8 Å². The van der Waals surface area contributed by atoms with Gasteiger partial charge in [-0.3, -0.25) is 0 Å². The molecule has 0 aliphatic carbocycles. The van der Waals surface area contributed by atoms with E-state index in [2.05, 4.69) is 15.5 Å². The van der Waals surface area contributed by atoms with E-state index < -0.39 is 11.7 Å². The van der Waals surface area contributed by atoms with E-state index in [1.54, 1.807) is 12.1 Å². The fourth-order valence-corrected chi connectivity index (χ4v) is 2.20. The number of halogens is 1. The quantitative estimate of drug-likeness (QED) is 0.912. The van der Waals surface area contributed by atoms with Crippen LogP contribution in [0, 0.1) is 0 Å². The van der Waals surface area contributed by atoms with Gasteiger partial charge < -0.3 is 19.7 Å². The molecule has 22 heavy (non-hydrogen) atoms. The van der Waals surface area contributed by atoms with Crippen molar-refractivity contribution in [3.05, 3.63) is 17.3 Å². The molecule has 7 nitrogen and oxygen atoms in total. The Bertz CT molecular complexity index is 504. The highest BCUT2D eigenvalue weighted by molar-refractivity contribution is 6.29. The Morgan fingerprint density at radius 1 is 1.50 bits per heavy atom. The van der Waals surface area contributed by atoms with Crippen LogP contribution >= 0.6 is 11.6 Å². The van der Waals surface area contributed by atoms with Gasteiger partial charge >= 0.3 is 6.09 Å². The number of hydrogen-bond acceptors (Lipinski definition) is 6. The summed E-state index contributed by atoms with van der Waals surface area (Å²) in [4.78, 5) is 13.8. The molecule has 0 unspecified atom stereocenters. The molecule has 2 rings (SSSR count). The summed E-state index contributed by atoms with van der Waals surface area (Å²) in [6.45, 7) is 7.66. The molecule has 122 valence electrons. The molecule has 1 saturated heterocycles. The smallest absolute Gasteiger partial charge is 0.407 e. The number of nitrogens with zero attached hydrogens (tertiary/aromatic N) is 3. The topological polar surface area (TPSA) is 76.6 Å². The first-order chi connectivity index (χ1) is 10.3. The van der Waals surface area contributed by atoms with E-state index in [1.807, 2.05) is 25.7 Å². The second-order valence-corrected chi connectivity index (χ2v) is 6.41. The Labute approximate surface area is 134 Å². The fraction of sp³-hybridized carbons (Fsp3) is 0.643. The van der Waals surface area contributed by atoms with Gasteiger partial charge in [0.05, 0.1) is 19.3 Å². The third-order valence-corrected chi connectivity index (χ3v) is 3.22. The zero-order valence-corrected chi connectivity index (χ0v) is 13.8. The van der Waals surface area contributed by atoms with E-state index in [9.17, 15) is 4.79 Å². The molecule has 1 fully saturated rings. The van der Waals surface area contributed by atoms with Crippen LogP contribution in [0.15, 0.2) is 12.1 Å². The maximum atomic E-state index is 11.8. The number of carbonyl (C=O) groups is 1. The van der Waals surface area contributed by atoms with Crippen molar-refractivity contribution in [2.45, 2.75) is 32.4 Å². The van der Waals surface area contributed by atoms with Crippen LogP contribution in [0.4, 0.5) is 10.6 Å². The van der Waals surface area contributed by atoms with Gasteiger partial charge in [-0.15, -0.1) is 10.2 Å². The zero-order valence-electron chi connectivity index (χ0n) is 13.0. The van der Waals surface area contributed by atoms with E-state index in [1.165, 1.54) is 0 Å². The molecular formula is C14H21ClN4O3. The molecule has 0 aromatic carbocycles. The van der Waals surface area contributed by atoms with Crippen molar-refractivity contribution in [3.63, 3.8) is 0 Å². The number of carbonyl (C=O) groups excluding carboxylic acids is 1. The zero-order chi connectivity index (χ0) is 16.2. The highest BCUT2D eigenvalue weighted by atomic mass is 35.5. The molecule has 1 aromatic rings. The lowest BCUT2D eigenvalue weighted by Crippen LogP contribution is -2.52. The van der Waals surface area contributed by atoms with Gasteiger partial charge in [0.1, 0.15) is 5.60 Å². The monoisotopic (exact) mass is 328 g/mol. The third kappa shape index (κ3) is 4.99. The van der Waals surface area contributed by atoms with Gasteiger partial charge in [0, 0.05) is 13.1 Å². The largest absolute Gasteiger partial charge is 0.444 e. The lowest BCUT2D eigenvalue weighted by molar-refractivity contribution is 0.0497. The summed E-state index contributed by atoms with van der Waals surface area (Å²) < 4.78 is 10.7. The first-order valence-corrected chi connectivity index (χ1v) is 7.53. The highest BCUT2D eigenvalue weighted by Crippen LogP contribution is 2.17. The van der Waals surface area contributed by atoms with Gasteiger partial charge in [-0.1, -0.05) is 11.6 Å². The predicted molar refractivity (Wildman–Crippen MR) is 83.2 cm³/mol. The second-order valence-electron chi connectivity index (χ2n) is 6.02. The number of ether oxygens (including phenoxy) is 2. The Kier molecular flexibility index (Phi) is 5.42. The summed E-state index contributed by atoms with van der Waals surface area (Å²) in [5.41, 5.74) is -0.519. The lowest BCUT2D eigenvalue weighted by Gasteiger charge is -2.36. The SMILES string of the molecule is CC(C)(C)OC(=O)NC[C@H]1COCCN1c1ccc(Cl)nn1. The number of aromatic nitrogens is 2. The molecule has 0 saturated carbocycles. The Hall–Kier alpha value is -1.60. The number of anilines is 1. The van der Waals surface area contributed by atoms with Crippen LogP contribution in [0.5, 0.6) is 0 Å². The van der Waals surface area contributed by atoms with Crippen molar-refractivity contribution >= 4 is 23.5 Å². The van der Waals surface area contributed by atoms with Crippen molar-refractivity contribution < 1.29 is 14.3 Å². The molecule has 0 bridgehead atoms. The summed E-state index contributed by atoms with van der Waals surface area (Å²) in [6.07, 6.45) is -0.444. The van der Waals surface area contributed by atoms with Gasteiger partial charge in [0.15, 0.2) is 11.0 Å². The lowest BCUT2D eigenvalue weighted by atomic mass is 10.2. The van der Waals surface area contributed by atoms with Gasteiger partial charge in [0.25, 0.3) is 0 Å². The number of nitrogens with one attached hydrogen (secondary N) is 1. The minimum Gasteiger partial charge on any atom is -0.444 e. The normalized spacial score (nSPS) is 18.9. The average Bonchev–Trinajstić information content (AvgIpc) is 2.45. The molecule has 2 heterocycles. The van der Waals surface area contributed by atoms with Gasteiger partial charge in [-0.2, -0.15) is 0 Å². The number of morpholine rings is 1. The average molecular weight is 329 g/mol.